The molecule has 0 spiro atoms. The smallest absolute Gasteiger partial charge is 0.309 e. The quantitative estimate of drug-likeness (QED) is 0.355. The van der Waals surface area contributed by atoms with Crippen LogP contribution in [-0.4, -0.2) is 47.3 Å². The Balaban J connectivity index is 4.06. The van der Waals surface area contributed by atoms with Crippen molar-refractivity contribution in [3.05, 3.63) is 0 Å². The Labute approximate surface area is 166 Å². The van der Waals surface area contributed by atoms with Crippen molar-refractivity contribution in [2.24, 2.45) is 22.7 Å². The molecule has 0 aliphatic heterocycles. The molecule has 2 N–H and O–H groups in total. The maximum absolute atomic E-state index is 11.9. The zero-order valence-electron chi connectivity index (χ0n) is 17.7. The van der Waals surface area contributed by atoms with Crippen LogP contribution in [0, 0.1) is 22.7 Å². The topological polar surface area (TPSA) is 127 Å². The lowest BCUT2D eigenvalue weighted by Gasteiger charge is -2.22. The molecule has 0 aromatic rings. The summed E-state index contributed by atoms with van der Waals surface area (Å²) in [4.78, 5) is 46.0. The number of hydrogen-bond donors (Lipinski definition) is 2. The van der Waals surface area contributed by atoms with E-state index < -0.39 is 46.5 Å². The first-order chi connectivity index (χ1) is 12.7. The van der Waals surface area contributed by atoms with Crippen LogP contribution in [0.1, 0.15) is 67.2 Å². The summed E-state index contributed by atoms with van der Waals surface area (Å²) in [6, 6.07) is 0. The minimum Gasteiger partial charge on any atom is -0.481 e. The zero-order valence-corrected chi connectivity index (χ0v) is 17.7. The van der Waals surface area contributed by atoms with Crippen LogP contribution < -0.4 is 0 Å². The molecule has 8 heteroatoms. The summed E-state index contributed by atoms with van der Waals surface area (Å²) < 4.78 is 10.3. The van der Waals surface area contributed by atoms with E-state index in [1.54, 1.807) is 41.5 Å². The van der Waals surface area contributed by atoms with Gasteiger partial charge in [0.25, 0.3) is 0 Å². The lowest BCUT2D eigenvalue weighted by molar-refractivity contribution is -0.155. The Bertz CT molecular complexity index is 515. The first-order valence-corrected chi connectivity index (χ1v) is 9.50. The normalized spacial score (nSPS) is 14.1. The van der Waals surface area contributed by atoms with E-state index in [0.717, 1.165) is 0 Å². The third kappa shape index (κ3) is 9.19. The molecule has 0 saturated heterocycles. The highest BCUT2D eigenvalue weighted by molar-refractivity contribution is 5.77. The molecule has 0 aliphatic carbocycles. The Morgan fingerprint density at radius 1 is 0.714 bits per heavy atom. The van der Waals surface area contributed by atoms with Crippen molar-refractivity contribution in [2.45, 2.75) is 67.2 Å². The molecular formula is C20H34O8. The summed E-state index contributed by atoms with van der Waals surface area (Å²) >= 11 is 0. The maximum atomic E-state index is 11.9. The van der Waals surface area contributed by atoms with Crippen LogP contribution in [0.25, 0.3) is 0 Å². The fraction of sp³-hybridized carbons (Fsp3) is 0.800. The molecule has 0 fully saturated rings. The van der Waals surface area contributed by atoms with E-state index in [4.69, 9.17) is 19.7 Å². The van der Waals surface area contributed by atoms with Crippen LogP contribution in [0.3, 0.4) is 0 Å². The molecule has 0 radical (unpaired) electrons. The number of hydrogen-bond acceptors (Lipinski definition) is 6. The molecule has 0 rings (SSSR count). The van der Waals surface area contributed by atoms with E-state index in [9.17, 15) is 19.2 Å². The van der Waals surface area contributed by atoms with Gasteiger partial charge in [-0.25, -0.2) is 0 Å². The average molecular weight is 402 g/mol. The fourth-order valence-corrected chi connectivity index (χ4v) is 2.71. The van der Waals surface area contributed by atoms with Crippen LogP contribution >= 0.6 is 0 Å². The maximum Gasteiger partial charge on any atom is 0.309 e. The third-order valence-corrected chi connectivity index (χ3v) is 4.62. The Morgan fingerprint density at radius 3 is 1.25 bits per heavy atom. The Hall–Kier alpha value is -2.12. The predicted molar refractivity (Wildman–Crippen MR) is 102 cm³/mol. The minimum atomic E-state index is -1.00. The van der Waals surface area contributed by atoms with Gasteiger partial charge in [-0.05, 0) is 53.4 Å². The molecule has 0 saturated carbocycles. The second-order valence-corrected chi connectivity index (χ2v) is 8.63. The summed E-state index contributed by atoms with van der Waals surface area (Å²) in [6.45, 7) is 9.84. The van der Waals surface area contributed by atoms with E-state index >= 15 is 0 Å². The van der Waals surface area contributed by atoms with E-state index in [-0.39, 0.29) is 26.1 Å². The summed E-state index contributed by atoms with van der Waals surface area (Å²) in [5.41, 5.74) is -2.00. The second kappa shape index (κ2) is 11.0. The molecule has 0 aromatic carbocycles. The van der Waals surface area contributed by atoms with Gasteiger partial charge in [0.1, 0.15) is 0 Å². The lowest BCUT2D eigenvalue weighted by Crippen LogP contribution is -2.29. The fourth-order valence-electron chi connectivity index (χ4n) is 2.71. The standard InChI is InChI=1S/C20H34O8/c1-13(11-19(3,4)17(23)24)15(21)27-9-7-8-10-28-16(22)14(2)12-20(5,6)18(25)26/h13-14H,7-12H2,1-6H3,(H,23,24)(H,25,26). The van der Waals surface area contributed by atoms with Crippen LogP contribution in [-0.2, 0) is 28.7 Å². The van der Waals surface area contributed by atoms with Crippen LogP contribution in [0.2, 0.25) is 0 Å². The van der Waals surface area contributed by atoms with Gasteiger partial charge in [-0.3, -0.25) is 19.2 Å². The third-order valence-electron chi connectivity index (χ3n) is 4.62. The molecule has 0 heterocycles. The summed E-state index contributed by atoms with van der Waals surface area (Å²) in [5, 5.41) is 18.2. The molecule has 28 heavy (non-hydrogen) atoms. The van der Waals surface area contributed by atoms with Gasteiger partial charge in [0.2, 0.25) is 0 Å². The molecule has 0 aromatic heterocycles. The molecule has 0 aliphatic rings. The van der Waals surface area contributed by atoms with Gasteiger partial charge in [-0.15, -0.1) is 0 Å². The van der Waals surface area contributed by atoms with E-state index in [2.05, 4.69) is 0 Å². The number of carboxylic acid groups (broad SMARTS) is 2. The molecule has 8 nitrogen and oxygen atoms in total. The average Bonchev–Trinajstić information content (AvgIpc) is 2.56. The molecule has 162 valence electrons. The molecule has 0 bridgehead atoms. The second-order valence-electron chi connectivity index (χ2n) is 8.63. The van der Waals surface area contributed by atoms with Crippen molar-refractivity contribution in [3.8, 4) is 0 Å². The molecular weight excluding hydrogens is 368 g/mol. The number of carbonyl (C=O) groups is 4. The first-order valence-electron chi connectivity index (χ1n) is 9.50. The van der Waals surface area contributed by atoms with Gasteiger partial charge < -0.3 is 19.7 Å². The highest BCUT2D eigenvalue weighted by atomic mass is 16.5. The molecule has 2 unspecified atom stereocenters. The van der Waals surface area contributed by atoms with Crippen molar-refractivity contribution < 1.29 is 38.9 Å². The monoisotopic (exact) mass is 402 g/mol. The van der Waals surface area contributed by atoms with E-state index in [1.165, 1.54) is 0 Å². The highest BCUT2D eigenvalue weighted by Crippen LogP contribution is 2.27. The van der Waals surface area contributed by atoms with Crippen molar-refractivity contribution in [1.82, 2.24) is 0 Å². The number of rotatable bonds is 13. The SMILES string of the molecule is CC(CC(C)(C)C(=O)O)C(=O)OCCCCOC(=O)C(C)CC(C)(C)C(=O)O. The Kier molecular flexibility index (Phi) is 10.2. The summed E-state index contributed by atoms with van der Waals surface area (Å²) in [7, 11) is 0. The molecule has 2 atom stereocenters. The predicted octanol–water partition coefficient (Wildman–Crippen LogP) is 3.13. The highest BCUT2D eigenvalue weighted by Gasteiger charge is 2.33. The number of unbranched alkanes of at least 4 members (excludes halogenated alkanes) is 1. The largest absolute Gasteiger partial charge is 0.481 e. The van der Waals surface area contributed by atoms with Crippen LogP contribution in [0.4, 0.5) is 0 Å². The van der Waals surface area contributed by atoms with Crippen molar-refractivity contribution in [2.75, 3.05) is 13.2 Å². The molecule has 0 amide bonds. The zero-order chi connectivity index (χ0) is 22.1. The van der Waals surface area contributed by atoms with E-state index in [1.807, 2.05) is 0 Å². The number of ether oxygens (including phenoxy) is 2. The van der Waals surface area contributed by atoms with Gasteiger partial charge >= 0.3 is 23.9 Å². The summed E-state index contributed by atoms with van der Waals surface area (Å²) in [5.74, 6) is -3.87. The number of aliphatic carboxylic acids is 2. The van der Waals surface area contributed by atoms with Gasteiger partial charge in [0, 0.05) is 0 Å². The number of carbonyl (C=O) groups excluding carboxylic acids is 2. The first kappa shape index (κ1) is 25.9. The van der Waals surface area contributed by atoms with Gasteiger partial charge in [0.05, 0.1) is 35.9 Å². The van der Waals surface area contributed by atoms with Crippen molar-refractivity contribution >= 4 is 23.9 Å². The minimum absolute atomic E-state index is 0.163. The van der Waals surface area contributed by atoms with Crippen LogP contribution in [0.15, 0.2) is 0 Å². The number of esters is 2. The van der Waals surface area contributed by atoms with E-state index in [0.29, 0.717) is 12.8 Å². The van der Waals surface area contributed by atoms with Crippen molar-refractivity contribution in [3.63, 3.8) is 0 Å². The van der Waals surface area contributed by atoms with Gasteiger partial charge in [0.15, 0.2) is 0 Å². The van der Waals surface area contributed by atoms with Gasteiger partial charge in [-0.2, -0.15) is 0 Å². The summed E-state index contributed by atoms with van der Waals surface area (Å²) in [6.07, 6.45) is 1.37. The van der Waals surface area contributed by atoms with Crippen LogP contribution in [0.5, 0.6) is 0 Å². The Morgan fingerprint density at radius 2 is 1.00 bits per heavy atom. The van der Waals surface area contributed by atoms with Crippen molar-refractivity contribution in [1.29, 1.82) is 0 Å². The lowest BCUT2D eigenvalue weighted by atomic mass is 9.83. The van der Waals surface area contributed by atoms with Gasteiger partial charge in [-0.1, -0.05) is 13.8 Å². The number of carboxylic acids is 2.